The average Bonchev–Trinajstić information content (AvgIpc) is 3.12. The summed E-state index contributed by atoms with van der Waals surface area (Å²) in [6, 6.07) is 7.58. The summed E-state index contributed by atoms with van der Waals surface area (Å²) < 4.78 is 62.8. The zero-order valence-corrected chi connectivity index (χ0v) is 30.1. The highest BCUT2D eigenvalue weighted by atomic mass is 35.5. The number of rotatable bonds is 11. The van der Waals surface area contributed by atoms with Gasteiger partial charge in [0.1, 0.15) is 24.2 Å². The van der Waals surface area contributed by atoms with Crippen LogP contribution in [0.15, 0.2) is 48.8 Å². The molecule has 4 amide bonds. The van der Waals surface area contributed by atoms with Crippen molar-refractivity contribution in [1.82, 2.24) is 20.6 Å². The number of aromatic nitrogens is 2. The van der Waals surface area contributed by atoms with Gasteiger partial charge in [0.15, 0.2) is 23.3 Å². The predicted octanol–water partition coefficient (Wildman–Crippen LogP) is 4.90. The molecule has 19 heteroatoms. The predicted molar refractivity (Wildman–Crippen MR) is 191 cm³/mol. The van der Waals surface area contributed by atoms with E-state index < -0.39 is 41.0 Å². The van der Waals surface area contributed by atoms with E-state index in [0.29, 0.717) is 11.4 Å². The number of amides is 4. The highest BCUT2D eigenvalue weighted by molar-refractivity contribution is 6.29. The molecule has 284 valence electrons. The molecule has 0 atom stereocenters. The number of nitrogens with one attached hydrogen (secondary N) is 5. The van der Waals surface area contributed by atoms with Crippen LogP contribution in [0.4, 0.5) is 46.1 Å². The number of methoxy groups -OCH3 is 2. The first kappa shape index (κ1) is 43.3. The first-order chi connectivity index (χ1) is 25.1. The Bertz CT molecular complexity index is 1950. The normalized spacial score (nSPS) is 10.1. The molecule has 0 aliphatic rings. The molecule has 2 aromatic heterocycles. The lowest BCUT2D eigenvalue weighted by Gasteiger charge is -2.15. The number of halogens is 5. The minimum absolute atomic E-state index is 0.0139. The van der Waals surface area contributed by atoms with Crippen molar-refractivity contribution in [3.05, 3.63) is 99.5 Å². The molecule has 0 fully saturated rings. The Labute approximate surface area is 306 Å². The molecule has 0 spiro atoms. The summed E-state index contributed by atoms with van der Waals surface area (Å²) >= 11 is 5.81. The van der Waals surface area contributed by atoms with Gasteiger partial charge in [-0.05, 0) is 44.2 Å². The largest absolute Gasteiger partial charge is 0.375 e. The first-order valence-corrected chi connectivity index (χ1v) is 15.5. The first-order valence-electron chi connectivity index (χ1n) is 15.2. The lowest BCUT2D eigenvalue weighted by atomic mass is 10.1. The van der Waals surface area contributed by atoms with Gasteiger partial charge in [0.05, 0.1) is 22.5 Å². The van der Waals surface area contributed by atoms with E-state index in [-0.39, 0.29) is 63.7 Å². The fourth-order valence-electron chi connectivity index (χ4n) is 4.11. The van der Waals surface area contributed by atoms with Gasteiger partial charge in [-0.2, -0.15) is 0 Å². The van der Waals surface area contributed by atoms with Crippen molar-refractivity contribution in [1.29, 1.82) is 0 Å². The smallest absolute Gasteiger partial charge is 0.254 e. The fraction of sp³-hybridized carbons (Fsp3) is 0.235. The molecule has 0 bridgehead atoms. The van der Waals surface area contributed by atoms with E-state index in [2.05, 4.69) is 47.0 Å². The van der Waals surface area contributed by atoms with Crippen LogP contribution >= 0.6 is 11.6 Å². The highest BCUT2D eigenvalue weighted by Crippen LogP contribution is 2.29. The van der Waals surface area contributed by atoms with Crippen LogP contribution in [0, 0.1) is 37.1 Å². The zero-order valence-electron chi connectivity index (χ0n) is 29.3. The van der Waals surface area contributed by atoms with Crippen LogP contribution in [0.5, 0.6) is 0 Å². The second-order valence-corrected chi connectivity index (χ2v) is 10.9. The summed E-state index contributed by atoms with van der Waals surface area (Å²) in [6.07, 6.45) is 2.57. The Morgan fingerprint density at radius 2 is 1.17 bits per heavy atom. The second-order valence-electron chi connectivity index (χ2n) is 10.5. The summed E-state index contributed by atoms with van der Waals surface area (Å²) in [4.78, 5) is 53.0. The lowest BCUT2D eigenvalue weighted by Crippen LogP contribution is -2.21. The Morgan fingerprint density at radius 3 is 1.58 bits per heavy atom. The highest BCUT2D eigenvalue weighted by Gasteiger charge is 2.17. The maximum absolute atomic E-state index is 13.8. The van der Waals surface area contributed by atoms with Crippen molar-refractivity contribution in [2.75, 3.05) is 57.5 Å². The molecule has 4 rings (SSSR count). The van der Waals surface area contributed by atoms with E-state index in [9.17, 15) is 36.7 Å². The number of hydrogen-bond donors (Lipinski definition) is 6. The summed E-state index contributed by atoms with van der Waals surface area (Å²) in [5.74, 6) is -5.33. The van der Waals surface area contributed by atoms with Crippen molar-refractivity contribution in [3.8, 4) is 0 Å². The molecule has 2 heterocycles. The Hall–Kier alpha value is -5.85. The summed E-state index contributed by atoms with van der Waals surface area (Å²) in [5.41, 5.74) is 6.42. The quantitative estimate of drug-likeness (QED) is 0.0903. The van der Waals surface area contributed by atoms with E-state index in [4.69, 9.17) is 16.3 Å². The minimum Gasteiger partial charge on any atom is -0.375 e. The standard InChI is InChI=1S/C17H18F2N4O3.C14H12ClF2N3O.C3H7NO2/c1-9-12(5-4-11(18)16(9)19)22-13-6-14(23-15(24)8-26-3)21-7-10(13)17(25)20-2;1-7-10(4-3-9(16)13(7)17)20-11-5-12(15)19-6-8(11)14(21)18-2;1-6-2-3(4)5/h4-7H,8H2,1-3H3,(H,20,25)(H2,21,22,23,24);3-6H,1-2H3,(H,18,21)(H,19,20);2H2,1H3,(H2,4,5). The second kappa shape index (κ2) is 20.9. The van der Waals surface area contributed by atoms with Gasteiger partial charge in [0, 0.05) is 69.3 Å². The van der Waals surface area contributed by atoms with E-state index in [0.717, 1.165) is 12.1 Å². The molecule has 14 nitrogen and oxygen atoms in total. The number of primary amides is 1. The molecule has 7 N–H and O–H groups in total. The van der Waals surface area contributed by atoms with E-state index >= 15 is 0 Å². The molecule has 0 unspecified atom stereocenters. The maximum Gasteiger partial charge on any atom is 0.254 e. The van der Waals surface area contributed by atoms with Crippen LogP contribution < -0.4 is 32.3 Å². The van der Waals surface area contributed by atoms with Gasteiger partial charge in [-0.1, -0.05) is 11.6 Å². The van der Waals surface area contributed by atoms with Crippen molar-refractivity contribution >= 4 is 63.8 Å². The minimum atomic E-state index is -0.987. The number of carbonyl (C=O) groups excluding carboxylic acids is 4. The summed E-state index contributed by atoms with van der Waals surface area (Å²) in [6.45, 7) is 2.69. The lowest BCUT2D eigenvalue weighted by molar-refractivity contribution is -0.121. The number of anilines is 5. The van der Waals surface area contributed by atoms with Gasteiger partial charge < -0.3 is 41.8 Å². The Kier molecular flexibility index (Phi) is 17.1. The third-order valence-corrected chi connectivity index (χ3v) is 6.97. The molecule has 0 saturated heterocycles. The molecule has 2 aromatic carbocycles. The van der Waals surface area contributed by atoms with Gasteiger partial charge in [-0.25, -0.2) is 27.5 Å². The van der Waals surface area contributed by atoms with Gasteiger partial charge >= 0.3 is 0 Å². The molecular weight excluding hydrogens is 728 g/mol. The number of nitrogens with zero attached hydrogens (tertiary/aromatic N) is 2. The Morgan fingerprint density at radius 1 is 0.717 bits per heavy atom. The average molecular weight is 765 g/mol. The van der Waals surface area contributed by atoms with Crippen LogP contribution in [0.1, 0.15) is 31.8 Å². The van der Waals surface area contributed by atoms with Gasteiger partial charge in [-0.15, -0.1) is 0 Å². The third kappa shape index (κ3) is 12.7. The number of ether oxygens (including phenoxy) is 2. The Balaban J connectivity index is 0.000000323. The molecule has 4 aromatic rings. The zero-order chi connectivity index (χ0) is 39.8. The van der Waals surface area contributed by atoms with E-state index in [1.807, 2.05) is 0 Å². The van der Waals surface area contributed by atoms with Crippen LogP contribution in [0.3, 0.4) is 0 Å². The fourth-order valence-corrected chi connectivity index (χ4v) is 4.27. The van der Waals surface area contributed by atoms with E-state index in [1.165, 1.54) is 78.8 Å². The van der Waals surface area contributed by atoms with Gasteiger partial charge in [0.2, 0.25) is 5.91 Å². The van der Waals surface area contributed by atoms with Crippen LogP contribution in [0.25, 0.3) is 0 Å². The molecular formula is C34H37ClF4N8O6. The number of pyridine rings is 2. The van der Waals surface area contributed by atoms with Crippen LogP contribution in [-0.2, 0) is 19.1 Å². The number of nitrogens with two attached hydrogens (primary N) is 1. The number of hydrogen-bond acceptors (Lipinski definition) is 10. The summed E-state index contributed by atoms with van der Waals surface area (Å²) in [7, 11) is 5.72. The third-order valence-electron chi connectivity index (χ3n) is 6.76. The van der Waals surface area contributed by atoms with Gasteiger partial charge in [-0.3, -0.25) is 19.2 Å². The van der Waals surface area contributed by atoms with Crippen LogP contribution in [0.2, 0.25) is 5.15 Å². The molecule has 0 aliphatic heterocycles. The number of benzene rings is 2. The van der Waals surface area contributed by atoms with E-state index in [1.54, 1.807) is 0 Å². The van der Waals surface area contributed by atoms with Crippen molar-refractivity contribution in [2.45, 2.75) is 13.8 Å². The van der Waals surface area contributed by atoms with Crippen LogP contribution in [-0.4, -0.2) is 75.1 Å². The maximum atomic E-state index is 13.8. The van der Waals surface area contributed by atoms with Crippen molar-refractivity contribution in [3.63, 3.8) is 0 Å². The summed E-state index contributed by atoms with van der Waals surface area (Å²) in [5, 5.41) is 13.4. The van der Waals surface area contributed by atoms with Crippen molar-refractivity contribution in [2.24, 2.45) is 5.73 Å². The molecule has 0 aliphatic carbocycles. The van der Waals surface area contributed by atoms with Crippen molar-refractivity contribution < 1.29 is 46.2 Å². The SMILES string of the molecule is CNC(=O)c1cnc(Cl)cc1Nc1ccc(F)c(F)c1C.CNC(=O)c1cnc(NC(=O)COC)cc1Nc1ccc(F)c(F)c1C.COCC(N)=O. The molecule has 0 saturated carbocycles. The molecule has 0 radical (unpaired) electrons. The van der Waals surface area contributed by atoms with Gasteiger partial charge in [0.25, 0.3) is 17.7 Å². The topological polar surface area (TPSA) is 199 Å². The monoisotopic (exact) mass is 764 g/mol. The molecule has 53 heavy (non-hydrogen) atoms. The number of carbonyl (C=O) groups is 4.